The van der Waals surface area contributed by atoms with Gasteiger partial charge in [-0.2, -0.15) is 0 Å². The van der Waals surface area contributed by atoms with Crippen LogP contribution in [0, 0.1) is 0 Å². The van der Waals surface area contributed by atoms with E-state index in [4.69, 9.17) is 19.4 Å². The first-order chi connectivity index (χ1) is 27.7. The maximum absolute atomic E-state index is 6.14. The lowest BCUT2D eigenvalue weighted by molar-refractivity contribution is 0.669. The molecule has 0 spiro atoms. The maximum Gasteiger partial charge on any atom is 0.164 e. The van der Waals surface area contributed by atoms with Crippen LogP contribution in [0.3, 0.4) is 0 Å². The lowest BCUT2D eigenvalue weighted by Gasteiger charge is -2.10. The van der Waals surface area contributed by atoms with Gasteiger partial charge in [-0.15, -0.1) is 11.3 Å². The summed E-state index contributed by atoms with van der Waals surface area (Å²) in [7, 11) is 0. The molecule has 0 radical (unpaired) electrons. The van der Waals surface area contributed by atoms with E-state index in [9.17, 15) is 0 Å². The Balaban J connectivity index is 1.02. The summed E-state index contributed by atoms with van der Waals surface area (Å²) in [5, 5.41) is 4.44. The standard InChI is InChI=1S/C51H31N3OS/c1-3-11-32(12-4-1)36-15-9-16-37(29-36)33-21-23-34(24-22-33)38-26-28-46-43(30-38)48-41(18-10-20-47(48)56-46)51-53-49(35-13-5-2-6-14-35)52-50(54-51)39-25-27-45-42(31-39)40-17-7-8-19-44(40)55-45/h1-31H. The van der Waals surface area contributed by atoms with Crippen molar-refractivity contribution >= 4 is 53.4 Å². The van der Waals surface area contributed by atoms with Crippen molar-refractivity contribution in [2.75, 3.05) is 0 Å². The van der Waals surface area contributed by atoms with Gasteiger partial charge in [-0.05, 0) is 81.9 Å². The van der Waals surface area contributed by atoms with Crippen LogP contribution in [0.2, 0.25) is 0 Å². The van der Waals surface area contributed by atoms with E-state index in [2.05, 4.69) is 127 Å². The van der Waals surface area contributed by atoms with E-state index < -0.39 is 0 Å². The van der Waals surface area contributed by atoms with Gasteiger partial charge < -0.3 is 4.42 Å². The minimum atomic E-state index is 0.618. The summed E-state index contributed by atoms with van der Waals surface area (Å²) in [5.41, 5.74) is 11.7. The van der Waals surface area contributed by atoms with Gasteiger partial charge in [0.05, 0.1) is 0 Å². The third kappa shape index (κ3) is 5.65. The number of fused-ring (bicyclic) bond motifs is 6. The number of benzene rings is 8. The van der Waals surface area contributed by atoms with Gasteiger partial charge in [-0.3, -0.25) is 0 Å². The van der Waals surface area contributed by atoms with Crippen molar-refractivity contribution in [3.05, 3.63) is 188 Å². The Bertz CT molecular complexity index is 3240. The number of furan rings is 1. The number of nitrogens with zero attached hydrogens (tertiary/aromatic N) is 3. The monoisotopic (exact) mass is 733 g/mol. The molecule has 0 atom stereocenters. The van der Waals surface area contributed by atoms with Gasteiger partial charge >= 0.3 is 0 Å². The van der Waals surface area contributed by atoms with Gasteiger partial charge in [-0.25, -0.2) is 15.0 Å². The molecule has 11 aromatic rings. The Morgan fingerprint density at radius 1 is 0.321 bits per heavy atom. The predicted octanol–water partition coefficient (Wildman–Crippen LogP) is 14.1. The molecule has 4 nitrogen and oxygen atoms in total. The molecule has 0 fully saturated rings. The molecule has 0 aliphatic carbocycles. The Morgan fingerprint density at radius 2 is 0.857 bits per heavy atom. The lowest BCUT2D eigenvalue weighted by atomic mass is 9.96. The van der Waals surface area contributed by atoms with Crippen LogP contribution in [-0.2, 0) is 0 Å². The molecule has 0 saturated heterocycles. The smallest absolute Gasteiger partial charge is 0.164 e. The number of para-hydroxylation sites is 1. The summed E-state index contributed by atoms with van der Waals surface area (Å²) in [5.74, 6) is 1.89. The van der Waals surface area contributed by atoms with Crippen molar-refractivity contribution in [1.82, 2.24) is 15.0 Å². The minimum absolute atomic E-state index is 0.618. The zero-order chi connectivity index (χ0) is 37.0. The van der Waals surface area contributed by atoms with Crippen LogP contribution in [0.25, 0.3) is 110 Å². The number of thiophene rings is 1. The molecule has 3 heterocycles. The van der Waals surface area contributed by atoms with Crippen molar-refractivity contribution in [3.63, 3.8) is 0 Å². The molecule has 262 valence electrons. The molecule has 0 bridgehead atoms. The van der Waals surface area contributed by atoms with Gasteiger partial charge in [0, 0.05) is 47.6 Å². The fourth-order valence-electron chi connectivity index (χ4n) is 7.76. The van der Waals surface area contributed by atoms with Gasteiger partial charge in [0.2, 0.25) is 0 Å². The second kappa shape index (κ2) is 13.3. The molecule has 56 heavy (non-hydrogen) atoms. The van der Waals surface area contributed by atoms with Crippen LogP contribution in [0.1, 0.15) is 0 Å². The van der Waals surface area contributed by atoms with E-state index in [-0.39, 0.29) is 0 Å². The molecule has 11 rings (SSSR count). The van der Waals surface area contributed by atoms with E-state index in [1.807, 2.05) is 60.7 Å². The van der Waals surface area contributed by atoms with Crippen LogP contribution in [-0.4, -0.2) is 15.0 Å². The third-order valence-electron chi connectivity index (χ3n) is 10.6. The number of rotatable bonds is 6. The molecule has 0 unspecified atom stereocenters. The molecular weight excluding hydrogens is 703 g/mol. The Hall–Kier alpha value is -7.21. The predicted molar refractivity (Wildman–Crippen MR) is 233 cm³/mol. The second-order valence-corrected chi connectivity index (χ2v) is 15.1. The van der Waals surface area contributed by atoms with E-state index >= 15 is 0 Å². The summed E-state index contributed by atoms with van der Waals surface area (Å²) in [6.07, 6.45) is 0. The summed E-state index contributed by atoms with van der Waals surface area (Å²) in [4.78, 5) is 15.4. The summed E-state index contributed by atoms with van der Waals surface area (Å²) in [6, 6.07) is 65.9. The van der Waals surface area contributed by atoms with Gasteiger partial charge in [0.1, 0.15) is 11.2 Å². The van der Waals surface area contributed by atoms with Crippen molar-refractivity contribution < 1.29 is 4.42 Å². The molecule has 3 aromatic heterocycles. The maximum atomic E-state index is 6.14. The fourth-order valence-corrected chi connectivity index (χ4v) is 8.88. The Labute approximate surface area is 327 Å². The van der Waals surface area contributed by atoms with Crippen LogP contribution in [0.15, 0.2) is 192 Å². The number of aromatic nitrogens is 3. The zero-order valence-electron chi connectivity index (χ0n) is 30.1. The van der Waals surface area contributed by atoms with Crippen LogP contribution in [0.4, 0.5) is 0 Å². The highest BCUT2D eigenvalue weighted by Crippen LogP contribution is 2.42. The molecule has 0 amide bonds. The summed E-state index contributed by atoms with van der Waals surface area (Å²) in [6.45, 7) is 0. The summed E-state index contributed by atoms with van der Waals surface area (Å²) < 4.78 is 8.56. The molecule has 0 aliphatic rings. The molecular formula is C51H31N3OS. The highest BCUT2D eigenvalue weighted by atomic mass is 32.1. The highest BCUT2D eigenvalue weighted by Gasteiger charge is 2.18. The summed E-state index contributed by atoms with van der Waals surface area (Å²) >= 11 is 1.80. The first kappa shape index (κ1) is 32.2. The van der Waals surface area contributed by atoms with E-state index in [0.29, 0.717) is 17.5 Å². The van der Waals surface area contributed by atoms with Crippen LogP contribution < -0.4 is 0 Å². The molecule has 8 aromatic carbocycles. The fraction of sp³-hybridized carbons (Fsp3) is 0. The largest absolute Gasteiger partial charge is 0.456 e. The Morgan fingerprint density at radius 3 is 1.62 bits per heavy atom. The first-order valence-corrected chi connectivity index (χ1v) is 19.5. The average molecular weight is 734 g/mol. The van der Waals surface area contributed by atoms with Crippen LogP contribution in [0.5, 0.6) is 0 Å². The molecule has 0 N–H and O–H groups in total. The SMILES string of the molecule is c1ccc(-c2cccc(-c3ccc(-c4ccc5sc6cccc(-c7nc(-c8ccccc8)nc(-c8ccc9oc%10ccccc%10c9c8)n7)c6c5c4)cc3)c2)cc1. The van der Waals surface area contributed by atoms with Crippen molar-refractivity contribution in [3.8, 4) is 67.5 Å². The molecule has 5 heteroatoms. The average Bonchev–Trinajstić information content (AvgIpc) is 3.85. The molecule has 0 aliphatic heterocycles. The van der Waals surface area contributed by atoms with Gasteiger partial charge in [0.25, 0.3) is 0 Å². The quantitative estimate of drug-likeness (QED) is 0.171. The lowest BCUT2D eigenvalue weighted by Crippen LogP contribution is -2.00. The topological polar surface area (TPSA) is 51.8 Å². The van der Waals surface area contributed by atoms with E-state index in [1.165, 1.54) is 48.2 Å². The normalized spacial score (nSPS) is 11.6. The number of hydrogen-bond donors (Lipinski definition) is 0. The Kier molecular flexibility index (Phi) is 7.64. The van der Waals surface area contributed by atoms with Gasteiger partial charge in [-0.1, -0.05) is 140 Å². The minimum Gasteiger partial charge on any atom is -0.456 e. The van der Waals surface area contributed by atoms with Crippen molar-refractivity contribution in [2.45, 2.75) is 0 Å². The van der Waals surface area contributed by atoms with E-state index in [1.54, 1.807) is 11.3 Å². The zero-order valence-corrected chi connectivity index (χ0v) is 30.9. The third-order valence-corrected chi connectivity index (χ3v) is 11.7. The van der Waals surface area contributed by atoms with Crippen molar-refractivity contribution in [1.29, 1.82) is 0 Å². The van der Waals surface area contributed by atoms with Crippen LogP contribution >= 0.6 is 11.3 Å². The van der Waals surface area contributed by atoms with Crippen molar-refractivity contribution in [2.24, 2.45) is 0 Å². The first-order valence-electron chi connectivity index (χ1n) is 18.7. The van der Waals surface area contributed by atoms with Gasteiger partial charge in [0.15, 0.2) is 17.5 Å². The second-order valence-electron chi connectivity index (χ2n) is 14.0. The number of hydrogen-bond acceptors (Lipinski definition) is 5. The molecule has 0 saturated carbocycles. The van der Waals surface area contributed by atoms with E-state index in [0.717, 1.165) is 44.0 Å². The highest BCUT2D eigenvalue weighted by molar-refractivity contribution is 7.26.